The van der Waals surface area contributed by atoms with Crippen molar-refractivity contribution in [3.05, 3.63) is 42.0 Å². The summed E-state index contributed by atoms with van der Waals surface area (Å²) in [7, 11) is 0. The number of phenols is 1. The van der Waals surface area contributed by atoms with Crippen LogP contribution in [0.5, 0.6) is 5.75 Å². The zero-order chi connectivity index (χ0) is 16.5. The first-order valence-corrected chi connectivity index (χ1v) is 8.25. The van der Waals surface area contributed by atoms with Crippen LogP contribution in [0.25, 0.3) is 10.8 Å². The molecular weight excluding hydrogens is 288 g/mol. The molecule has 4 heteroatoms. The molecule has 4 nitrogen and oxygen atoms in total. The highest BCUT2D eigenvalue weighted by Crippen LogP contribution is 2.25. The molecule has 0 atom stereocenters. The molecule has 0 spiro atoms. The van der Waals surface area contributed by atoms with E-state index >= 15 is 0 Å². The number of carbonyl (C=O) groups excluding carboxylic acids is 1. The number of nitrogens with zero attached hydrogens (tertiary/aromatic N) is 1. The molecule has 0 radical (unpaired) electrons. The van der Waals surface area contributed by atoms with Crippen molar-refractivity contribution in [2.24, 2.45) is 5.10 Å². The van der Waals surface area contributed by atoms with Gasteiger partial charge in [-0.15, -0.1) is 0 Å². The summed E-state index contributed by atoms with van der Waals surface area (Å²) in [5.74, 6) is 0.0683. The number of aromatic hydroxyl groups is 1. The number of benzene rings is 2. The minimum atomic E-state index is -0.0857. The van der Waals surface area contributed by atoms with E-state index in [-0.39, 0.29) is 11.7 Å². The van der Waals surface area contributed by atoms with Crippen molar-refractivity contribution in [1.29, 1.82) is 0 Å². The Balaban J connectivity index is 1.91. The van der Waals surface area contributed by atoms with Crippen LogP contribution in [0, 0.1) is 0 Å². The van der Waals surface area contributed by atoms with Crippen LogP contribution in [0.1, 0.15) is 51.0 Å². The van der Waals surface area contributed by atoms with Gasteiger partial charge in [-0.1, -0.05) is 62.9 Å². The number of amides is 1. The predicted molar refractivity (Wildman–Crippen MR) is 94.7 cm³/mol. The molecule has 0 aromatic heterocycles. The van der Waals surface area contributed by atoms with Gasteiger partial charge in [-0.3, -0.25) is 4.79 Å². The molecule has 0 aliphatic heterocycles. The van der Waals surface area contributed by atoms with E-state index in [1.165, 1.54) is 25.5 Å². The van der Waals surface area contributed by atoms with Gasteiger partial charge in [0.1, 0.15) is 5.75 Å². The van der Waals surface area contributed by atoms with E-state index in [1.807, 2.05) is 30.3 Å². The molecule has 2 rings (SSSR count). The number of hydrogen-bond donors (Lipinski definition) is 2. The van der Waals surface area contributed by atoms with Gasteiger partial charge in [-0.2, -0.15) is 5.10 Å². The third kappa shape index (κ3) is 5.09. The normalized spacial score (nSPS) is 11.2. The molecule has 2 aromatic rings. The largest absolute Gasteiger partial charge is 0.507 e. The first-order valence-electron chi connectivity index (χ1n) is 8.25. The van der Waals surface area contributed by atoms with Crippen molar-refractivity contribution >= 4 is 22.9 Å². The highest BCUT2D eigenvalue weighted by molar-refractivity contribution is 6.02. The zero-order valence-corrected chi connectivity index (χ0v) is 13.6. The third-order valence-corrected chi connectivity index (χ3v) is 3.84. The molecule has 0 saturated heterocycles. The molecule has 2 aromatic carbocycles. The maximum Gasteiger partial charge on any atom is 0.240 e. The molecule has 0 aliphatic carbocycles. The van der Waals surface area contributed by atoms with Gasteiger partial charge in [0.25, 0.3) is 0 Å². The number of rotatable bonds is 8. The standard InChI is InChI=1S/C19H24N2O2/c1-2-3-4-5-6-11-19(23)21-20-14-17-16-10-8-7-9-15(16)12-13-18(17)22/h7-10,12-14,22H,2-6,11H2,1H3,(H,21,23). The minimum Gasteiger partial charge on any atom is -0.507 e. The second kappa shape index (κ2) is 8.93. The Hall–Kier alpha value is -2.36. The van der Waals surface area contributed by atoms with Crippen molar-refractivity contribution in [3.8, 4) is 5.75 Å². The number of fused-ring (bicyclic) bond motifs is 1. The van der Waals surface area contributed by atoms with E-state index in [2.05, 4.69) is 17.5 Å². The van der Waals surface area contributed by atoms with E-state index in [0.29, 0.717) is 12.0 Å². The Kier molecular flexibility index (Phi) is 6.60. The van der Waals surface area contributed by atoms with Gasteiger partial charge in [-0.25, -0.2) is 5.43 Å². The number of unbranched alkanes of at least 4 members (excludes halogenated alkanes) is 4. The summed E-state index contributed by atoms with van der Waals surface area (Å²) in [6.45, 7) is 2.17. The number of phenolic OH excluding ortho intramolecular Hbond substituents is 1. The van der Waals surface area contributed by atoms with E-state index < -0.39 is 0 Å². The SMILES string of the molecule is CCCCCCCC(=O)NN=Cc1c(O)ccc2ccccc12. The van der Waals surface area contributed by atoms with Gasteiger partial charge >= 0.3 is 0 Å². The van der Waals surface area contributed by atoms with Crippen LogP contribution in [0.4, 0.5) is 0 Å². The molecule has 23 heavy (non-hydrogen) atoms. The fraction of sp³-hybridized carbons (Fsp3) is 0.368. The Morgan fingerprint density at radius 3 is 2.74 bits per heavy atom. The first kappa shape index (κ1) is 17.0. The maximum atomic E-state index is 11.7. The molecule has 122 valence electrons. The molecule has 0 unspecified atom stereocenters. The molecule has 0 saturated carbocycles. The summed E-state index contributed by atoms with van der Waals surface area (Å²) in [6.07, 6.45) is 7.56. The fourth-order valence-corrected chi connectivity index (χ4v) is 2.53. The van der Waals surface area contributed by atoms with Gasteiger partial charge in [0.05, 0.1) is 6.21 Å². The van der Waals surface area contributed by atoms with Crippen LogP contribution in [0.15, 0.2) is 41.5 Å². The van der Waals surface area contributed by atoms with Gasteiger partial charge in [0.2, 0.25) is 5.91 Å². The average molecular weight is 312 g/mol. The number of nitrogens with one attached hydrogen (secondary N) is 1. The van der Waals surface area contributed by atoms with Crippen molar-refractivity contribution in [2.75, 3.05) is 0 Å². The minimum absolute atomic E-state index is 0.0857. The second-order valence-electron chi connectivity index (χ2n) is 5.68. The summed E-state index contributed by atoms with van der Waals surface area (Å²) in [5.41, 5.74) is 3.15. The average Bonchev–Trinajstić information content (AvgIpc) is 2.56. The number of hydrogen-bond acceptors (Lipinski definition) is 3. The Morgan fingerprint density at radius 1 is 1.13 bits per heavy atom. The monoisotopic (exact) mass is 312 g/mol. The quantitative estimate of drug-likeness (QED) is 0.432. The zero-order valence-electron chi connectivity index (χ0n) is 13.6. The van der Waals surface area contributed by atoms with Crippen LogP contribution >= 0.6 is 0 Å². The number of hydrazone groups is 1. The van der Waals surface area contributed by atoms with Gasteiger partial charge in [0.15, 0.2) is 0 Å². The summed E-state index contributed by atoms with van der Waals surface area (Å²) in [4.78, 5) is 11.7. The lowest BCUT2D eigenvalue weighted by molar-refractivity contribution is -0.121. The van der Waals surface area contributed by atoms with Crippen LogP contribution in [-0.4, -0.2) is 17.2 Å². The summed E-state index contributed by atoms with van der Waals surface area (Å²) >= 11 is 0. The molecular formula is C19H24N2O2. The highest BCUT2D eigenvalue weighted by atomic mass is 16.3. The van der Waals surface area contributed by atoms with Crippen LogP contribution in [0.2, 0.25) is 0 Å². The van der Waals surface area contributed by atoms with Gasteiger partial charge in [0, 0.05) is 12.0 Å². The highest BCUT2D eigenvalue weighted by Gasteiger charge is 2.04. The maximum absolute atomic E-state index is 11.7. The molecule has 0 aliphatic rings. The van der Waals surface area contributed by atoms with Gasteiger partial charge < -0.3 is 5.11 Å². The Bertz CT molecular complexity index is 680. The van der Waals surface area contributed by atoms with E-state index in [4.69, 9.17) is 0 Å². The predicted octanol–water partition coefficient (Wildman–Crippen LogP) is 4.36. The van der Waals surface area contributed by atoms with Gasteiger partial charge in [-0.05, 0) is 23.3 Å². The van der Waals surface area contributed by atoms with Crippen LogP contribution in [0.3, 0.4) is 0 Å². The Morgan fingerprint density at radius 2 is 1.91 bits per heavy atom. The lowest BCUT2D eigenvalue weighted by Crippen LogP contribution is -2.16. The lowest BCUT2D eigenvalue weighted by atomic mass is 10.0. The van der Waals surface area contributed by atoms with Crippen LogP contribution < -0.4 is 5.43 Å². The first-order chi connectivity index (χ1) is 11.2. The molecule has 1 amide bonds. The smallest absolute Gasteiger partial charge is 0.240 e. The Labute approximate surface area is 137 Å². The van der Waals surface area contributed by atoms with Crippen molar-refractivity contribution < 1.29 is 9.90 Å². The van der Waals surface area contributed by atoms with E-state index in [0.717, 1.165) is 23.6 Å². The molecule has 0 bridgehead atoms. The topological polar surface area (TPSA) is 61.7 Å². The summed E-state index contributed by atoms with van der Waals surface area (Å²) in [5, 5.41) is 15.9. The lowest BCUT2D eigenvalue weighted by Gasteiger charge is -2.05. The molecule has 0 fully saturated rings. The summed E-state index contributed by atoms with van der Waals surface area (Å²) < 4.78 is 0. The second-order valence-corrected chi connectivity index (χ2v) is 5.68. The number of carbonyl (C=O) groups is 1. The van der Waals surface area contributed by atoms with Crippen molar-refractivity contribution in [1.82, 2.24) is 5.43 Å². The van der Waals surface area contributed by atoms with Crippen molar-refractivity contribution in [3.63, 3.8) is 0 Å². The van der Waals surface area contributed by atoms with E-state index in [9.17, 15) is 9.90 Å². The summed E-state index contributed by atoms with van der Waals surface area (Å²) in [6, 6.07) is 11.2. The van der Waals surface area contributed by atoms with E-state index in [1.54, 1.807) is 6.07 Å². The third-order valence-electron chi connectivity index (χ3n) is 3.84. The molecule has 2 N–H and O–H groups in total. The molecule has 0 heterocycles. The van der Waals surface area contributed by atoms with Crippen molar-refractivity contribution in [2.45, 2.75) is 45.4 Å². The fourth-order valence-electron chi connectivity index (χ4n) is 2.53. The van der Waals surface area contributed by atoms with Crippen LogP contribution in [-0.2, 0) is 4.79 Å².